The van der Waals surface area contributed by atoms with E-state index in [1.807, 2.05) is 24.3 Å². The molecule has 106 valence electrons. The molecule has 2 heterocycles. The number of benzene rings is 2. The molecule has 0 bridgehead atoms. The Morgan fingerprint density at radius 2 is 1.90 bits per heavy atom. The number of para-hydroxylation sites is 2. The zero-order valence-corrected chi connectivity index (χ0v) is 13.0. The van der Waals surface area contributed by atoms with E-state index in [4.69, 9.17) is 16.6 Å². The Labute approximate surface area is 133 Å². The number of aliphatic imine (C=N–C) groups is 1. The second-order valence-electron chi connectivity index (χ2n) is 5.17. The number of thioether (sulfide) groups is 1. The van der Waals surface area contributed by atoms with Crippen LogP contribution in [0.5, 0.6) is 0 Å². The molecule has 5 heteroatoms. The molecule has 2 aliphatic rings. The third-order valence-electron chi connectivity index (χ3n) is 3.83. The zero-order valence-electron chi connectivity index (χ0n) is 11.5. The number of anilines is 2. The van der Waals surface area contributed by atoms with Gasteiger partial charge in [-0.1, -0.05) is 47.6 Å². The summed E-state index contributed by atoms with van der Waals surface area (Å²) in [4.78, 5) is 7.13. The molecule has 2 aliphatic heterocycles. The molecule has 0 spiro atoms. The molecule has 21 heavy (non-hydrogen) atoms. The molecule has 0 saturated carbocycles. The molecule has 2 aromatic rings. The average molecular weight is 316 g/mol. The topological polar surface area (TPSA) is 27.6 Å². The van der Waals surface area contributed by atoms with Crippen LogP contribution < -0.4 is 10.2 Å². The lowest BCUT2D eigenvalue weighted by Gasteiger charge is -2.36. The highest BCUT2D eigenvalue weighted by atomic mass is 35.5. The van der Waals surface area contributed by atoms with E-state index in [-0.39, 0.29) is 11.5 Å². The van der Waals surface area contributed by atoms with Gasteiger partial charge in [0.2, 0.25) is 0 Å². The normalized spacial score (nSPS) is 23.1. The van der Waals surface area contributed by atoms with Gasteiger partial charge in [-0.15, -0.1) is 0 Å². The van der Waals surface area contributed by atoms with Gasteiger partial charge in [-0.3, -0.25) is 0 Å². The summed E-state index contributed by atoms with van der Waals surface area (Å²) in [7, 11) is 2.10. The Morgan fingerprint density at radius 3 is 2.71 bits per heavy atom. The first-order chi connectivity index (χ1) is 10.2. The molecular formula is C16H14ClN3S. The van der Waals surface area contributed by atoms with Gasteiger partial charge in [-0.05, 0) is 24.3 Å². The number of nitrogens with zero attached hydrogens (tertiary/aromatic N) is 2. The van der Waals surface area contributed by atoms with Crippen LogP contribution in [-0.4, -0.2) is 23.6 Å². The molecule has 2 unspecified atom stereocenters. The molecule has 0 saturated heterocycles. The van der Waals surface area contributed by atoms with Gasteiger partial charge in [-0.2, -0.15) is 0 Å². The van der Waals surface area contributed by atoms with Crippen molar-refractivity contribution in [2.45, 2.75) is 11.5 Å². The third-order valence-corrected chi connectivity index (χ3v) is 5.26. The molecule has 4 rings (SSSR count). The summed E-state index contributed by atoms with van der Waals surface area (Å²) >= 11 is 7.73. The van der Waals surface area contributed by atoms with Crippen molar-refractivity contribution in [2.24, 2.45) is 4.99 Å². The van der Waals surface area contributed by atoms with Gasteiger partial charge in [0, 0.05) is 17.6 Å². The Kier molecular flexibility index (Phi) is 3.08. The first-order valence-electron chi connectivity index (χ1n) is 6.81. The van der Waals surface area contributed by atoms with Crippen LogP contribution in [0.2, 0.25) is 5.02 Å². The standard InChI is InChI=1S/C16H14ClN3S/c1-20-13-5-3-2-4-12(13)18-16-14(20)19-15(21-16)10-6-8-11(17)9-7-10/h2-9,14,16,18H,1H3. The molecule has 0 amide bonds. The van der Waals surface area contributed by atoms with Crippen LogP contribution in [0.15, 0.2) is 53.5 Å². The lowest BCUT2D eigenvalue weighted by molar-refractivity contribution is 0.654. The number of halogens is 1. The minimum Gasteiger partial charge on any atom is -0.368 e. The van der Waals surface area contributed by atoms with Gasteiger partial charge < -0.3 is 10.2 Å². The summed E-state index contributed by atoms with van der Waals surface area (Å²) in [6, 6.07) is 16.2. The fourth-order valence-electron chi connectivity index (χ4n) is 2.73. The van der Waals surface area contributed by atoms with Crippen molar-refractivity contribution in [1.29, 1.82) is 0 Å². The van der Waals surface area contributed by atoms with Crippen LogP contribution in [0.3, 0.4) is 0 Å². The number of fused-ring (bicyclic) bond motifs is 2. The summed E-state index contributed by atoms with van der Waals surface area (Å²) in [5.41, 5.74) is 3.49. The maximum Gasteiger partial charge on any atom is 0.152 e. The lowest BCUT2D eigenvalue weighted by atomic mass is 10.2. The van der Waals surface area contributed by atoms with Crippen molar-refractivity contribution in [3.63, 3.8) is 0 Å². The molecule has 3 nitrogen and oxygen atoms in total. The van der Waals surface area contributed by atoms with E-state index in [0.717, 1.165) is 15.6 Å². The zero-order chi connectivity index (χ0) is 14.4. The van der Waals surface area contributed by atoms with Gasteiger partial charge in [0.1, 0.15) is 10.4 Å². The molecular weight excluding hydrogens is 302 g/mol. The van der Waals surface area contributed by atoms with Crippen LogP contribution >= 0.6 is 23.4 Å². The SMILES string of the molecule is CN1c2ccccc2NC2SC(c3ccc(Cl)cc3)=NC21. The van der Waals surface area contributed by atoms with E-state index < -0.39 is 0 Å². The van der Waals surface area contributed by atoms with Crippen LogP contribution in [0, 0.1) is 0 Å². The first-order valence-corrected chi connectivity index (χ1v) is 8.07. The molecule has 1 N–H and O–H groups in total. The Morgan fingerprint density at radius 1 is 1.14 bits per heavy atom. The number of hydrogen-bond donors (Lipinski definition) is 1. The highest BCUT2D eigenvalue weighted by Gasteiger charge is 2.37. The van der Waals surface area contributed by atoms with Crippen LogP contribution in [0.25, 0.3) is 0 Å². The van der Waals surface area contributed by atoms with Crippen molar-refractivity contribution in [2.75, 3.05) is 17.3 Å². The summed E-state index contributed by atoms with van der Waals surface area (Å²) in [6.45, 7) is 0. The van der Waals surface area contributed by atoms with Gasteiger partial charge >= 0.3 is 0 Å². The van der Waals surface area contributed by atoms with E-state index in [1.54, 1.807) is 11.8 Å². The second kappa shape index (κ2) is 4.97. The van der Waals surface area contributed by atoms with Crippen LogP contribution in [-0.2, 0) is 0 Å². The smallest absolute Gasteiger partial charge is 0.152 e. The predicted molar refractivity (Wildman–Crippen MR) is 91.6 cm³/mol. The molecule has 0 aromatic heterocycles. The number of rotatable bonds is 1. The molecule has 2 atom stereocenters. The first kappa shape index (κ1) is 13.0. The van der Waals surface area contributed by atoms with Crippen molar-refractivity contribution < 1.29 is 0 Å². The fourth-order valence-corrected chi connectivity index (χ4v) is 4.09. The molecule has 2 aromatic carbocycles. The quantitative estimate of drug-likeness (QED) is 0.860. The van der Waals surface area contributed by atoms with Gasteiger partial charge in [0.05, 0.1) is 11.4 Å². The van der Waals surface area contributed by atoms with E-state index in [0.29, 0.717) is 0 Å². The minimum absolute atomic E-state index is 0.121. The number of likely N-dealkylation sites (N-methyl/N-ethyl adjacent to an activating group) is 1. The van der Waals surface area contributed by atoms with E-state index in [1.165, 1.54) is 11.4 Å². The summed E-state index contributed by atoms with van der Waals surface area (Å²) in [5.74, 6) is 0. The maximum absolute atomic E-state index is 5.96. The largest absolute Gasteiger partial charge is 0.368 e. The average Bonchev–Trinajstić information content (AvgIpc) is 2.92. The Hall–Kier alpha value is -1.65. The summed E-state index contributed by atoms with van der Waals surface area (Å²) in [5, 5.41) is 5.64. The molecule has 0 aliphatic carbocycles. The fraction of sp³-hybridized carbons (Fsp3) is 0.188. The van der Waals surface area contributed by atoms with Crippen molar-refractivity contribution in [3.8, 4) is 0 Å². The van der Waals surface area contributed by atoms with Gasteiger partial charge in [-0.25, -0.2) is 4.99 Å². The van der Waals surface area contributed by atoms with Gasteiger partial charge in [0.25, 0.3) is 0 Å². The van der Waals surface area contributed by atoms with Crippen molar-refractivity contribution >= 4 is 39.8 Å². The van der Waals surface area contributed by atoms with E-state index in [2.05, 4.69) is 41.5 Å². The maximum atomic E-state index is 5.96. The minimum atomic E-state index is 0.121. The highest BCUT2D eigenvalue weighted by molar-refractivity contribution is 8.15. The lowest BCUT2D eigenvalue weighted by Crippen LogP contribution is -2.44. The van der Waals surface area contributed by atoms with E-state index >= 15 is 0 Å². The van der Waals surface area contributed by atoms with Crippen molar-refractivity contribution in [1.82, 2.24) is 0 Å². The van der Waals surface area contributed by atoms with E-state index in [9.17, 15) is 0 Å². The monoisotopic (exact) mass is 315 g/mol. The van der Waals surface area contributed by atoms with Crippen LogP contribution in [0.1, 0.15) is 5.56 Å². The predicted octanol–water partition coefficient (Wildman–Crippen LogP) is 4.05. The number of nitrogens with one attached hydrogen (secondary N) is 1. The van der Waals surface area contributed by atoms with Crippen molar-refractivity contribution in [3.05, 3.63) is 59.1 Å². The third kappa shape index (κ3) is 2.19. The molecule has 0 radical (unpaired) electrons. The second-order valence-corrected chi connectivity index (χ2v) is 6.73. The molecule has 0 fully saturated rings. The number of hydrogen-bond acceptors (Lipinski definition) is 4. The Balaban J connectivity index is 1.67. The van der Waals surface area contributed by atoms with Crippen LogP contribution in [0.4, 0.5) is 11.4 Å². The summed E-state index contributed by atoms with van der Waals surface area (Å²) in [6.07, 6.45) is 0.121. The summed E-state index contributed by atoms with van der Waals surface area (Å²) < 4.78 is 0. The van der Waals surface area contributed by atoms with Gasteiger partial charge in [0.15, 0.2) is 6.17 Å². The Bertz CT molecular complexity index is 714. The highest BCUT2D eigenvalue weighted by Crippen LogP contribution is 2.41.